The van der Waals surface area contributed by atoms with Crippen LogP contribution >= 0.6 is 0 Å². The summed E-state index contributed by atoms with van der Waals surface area (Å²) in [6.45, 7) is 0.883. The van der Waals surface area contributed by atoms with Crippen molar-refractivity contribution < 1.29 is 8.42 Å². The normalized spacial score (nSPS) is 18.8. The van der Waals surface area contributed by atoms with Gasteiger partial charge in [-0.15, -0.1) is 0 Å². The smallest absolute Gasteiger partial charge is 0.307 e. The minimum atomic E-state index is -3.72. The van der Waals surface area contributed by atoms with Gasteiger partial charge >= 0.3 is 5.69 Å². The third-order valence-electron chi connectivity index (χ3n) is 5.31. The summed E-state index contributed by atoms with van der Waals surface area (Å²) < 4.78 is 27.8. The molecule has 1 unspecified atom stereocenters. The van der Waals surface area contributed by atoms with Gasteiger partial charge in [-0.05, 0) is 48.9 Å². The summed E-state index contributed by atoms with van der Waals surface area (Å²) in [5.74, 6) is 0.339. The Labute approximate surface area is 162 Å². The SMILES string of the molecule is O=c1[nH]c(=O)c2cc(S(=O)(=O)N3CCCC(c4ccccc4)CC3)ccc2[nH]1. The van der Waals surface area contributed by atoms with E-state index < -0.39 is 21.3 Å². The quantitative estimate of drug-likeness (QED) is 0.704. The second kappa shape index (κ2) is 7.37. The molecule has 146 valence electrons. The maximum atomic E-state index is 13.1. The van der Waals surface area contributed by atoms with Gasteiger partial charge in [-0.1, -0.05) is 30.3 Å². The predicted octanol–water partition coefficient (Wildman–Crippen LogP) is 2.17. The zero-order valence-corrected chi connectivity index (χ0v) is 16.0. The molecule has 0 aliphatic carbocycles. The number of nitrogens with one attached hydrogen (secondary N) is 2. The van der Waals surface area contributed by atoms with Gasteiger partial charge in [0.2, 0.25) is 10.0 Å². The summed E-state index contributed by atoms with van der Waals surface area (Å²) in [5, 5.41) is 0.151. The number of rotatable bonds is 3. The van der Waals surface area contributed by atoms with Crippen LogP contribution in [0.1, 0.15) is 30.7 Å². The van der Waals surface area contributed by atoms with Crippen molar-refractivity contribution in [1.82, 2.24) is 14.3 Å². The lowest BCUT2D eigenvalue weighted by Gasteiger charge is -2.20. The van der Waals surface area contributed by atoms with Crippen LogP contribution in [0.25, 0.3) is 10.9 Å². The highest BCUT2D eigenvalue weighted by Gasteiger charge is 2.28. The van der Waals surface area contributed by atoms with Crippen LogP contribution in [0, 0.1) is 0 Å². The molecule has 0 amide bonds. The molecule has 3 aromatic rings. The third-order valence-corrected chi connectivity index (χ3v) is 7.20. The number of nitrogens with zero attached hydrogens (tertiary/aromatic N) is 1. The van der Waals surface area contributed by atoms with E-state index in [1.54, 1.807) is 0 Å². The summed E-state index contributed by atoms with van der Waals surface area (Å²) in [4.78, 5) is 28.1. The molecule has 1 aliphatic rings. The molecule has 0 spiro atoms. The third kappa shape index (κ3) is 3.53. The first kappa shape index (κ1) is 18.6. The van der Waals surface area contributed by atoms with Crippen molar-refractivity contribution in [2.75, 3.05) is 13.1 Å². The second-order valence-corrected chi connectivity index (χ2v) is 9.00. The van der Waals surface area contributed by atoms with Crippen LogP contribution < -0.4 is 11.2 Å². The molecule has 0 bridgehead atoms. The average Bonchev–Trinajstić information content (AvgIpc) is 2.95. The molecule has 1 aromatic heterocycles. The number of hydrogen-bond donors (Lipinski definition) is 2. The van der Waals surface area contributed by atoms with E-state index in [0.717, 1.165) is 19.3 Å². The van der Waals surface area contributed by atoms with E-state index in [0.29, 0.717) is 24.5 Å². The summed E-state index contributed by atoms with van der Waals surface area (Å²) in [7, 11) is -3.72. The molecule has 7 nitrogen and oxygen atoms in total. The van der Waals surface area contributed by atoms with Crippen LogP contribution in [0.3, 0.4) is 0 Å². The highest BCUT2D eigenvalue weighted by molar-refractivity contribution is 7.89. The molecule has 1 aliphatic heterocycles. The fourth-order valence-electron chi connectivity index (χ4n) is 3.82. The van der Waals surface area contributed by atoms with Crippen molar-refractivity contribution in [2.45, 2.75) is 30.1 Å². The fraction of sp³-hybridized carbons (Fsp3) is 0.300. The standard InChI is InChI=1S/C20H21N3O4S/c24-19-17-13-16(8-9-18(17)21-20(25)22-19)28(26,27)23-11-4-7-15(10-12-23)14-5-2-1-3-6-14/h1-3,5-6,8-9,13,15H,4,7,10-12H2,(H2,21,22,24,25). The van der Waals surface area contributed by atoms with Crippen molar-refractivity contribution in [3.05, 3.63) is 74.9 Å². The van der Waals surface area contributed by atoms with E-state index >= 15 is 0 Å². The van der Waals surface area contributed by atoms with Crippen LogP contribution in [0.2, 0.25) is 0 Å². The number of aromatic nitrogens is 2. The van der Waals surface area contributed by atoms with Gasteiger partial charge in [0, 0.05) is 13.1 Å². The Kier molecular flexibility index (Phi) is 4.91. The van der Waals surface area contributed by atoms with Crippen molar-refractivity contribution >= 4 is 20.9 Å². The molecule has 2 heterocycles. The van der Waals surface area contributed by atoms with E-state index in [1.807, 2.05) is 18.2 Å². The zero-order chi connectivity index (χ0) is 19.7. The van der Waals surface area contributed by atoms with E-state index in [9.17, 15) is 18.0 Å². The molecule has 1 fully saturated rings. The van der Waals surface area contributed by atoms with Crippen LogP contribution in [-0.4, -0.2) is 35.8 Å². The first-order valence-electron chi connectivity index (χ1n) is 9.26. The Morgan fingerprint density at radius 1 is 0.929 bits per heavy atom. The van der Waals surface area contributed by atoms with E-state index in [-0.39, 0.29) is 10.3 Å². The van der Waals surface area contributed by atoms with Crippen LogP contribution in [0.4, 0.5) is 0 Å². The van der Waals surface area contributed by atoms with Crippen LogP contribution in [0.15, 0.2) is 63.0 Å². The Bertz CT molecular complexity index is 1220. The maximum Gasteiger partial charge on any atom is 0.326 e. The van der Waals surface area contributed by atoms with Gasteiger partial charge < -0.3 is 4.98 Å². The van der Waals surface area contributed by atoms with Gasteiger partial charge in [-0.2, -0.15) is 4.31 Å². The number of hydrogen-bond acceptors (Lipinski definition) is 4. The molecule has 0 radical (unpaired) electrons. The molecule has 8 heteroatoms. The number of sulfonamides is 1. The molecule has 1 saturated heterocycles. The van der Waals surface area contributed by atoms with Gasteiger partial charge in [0.25, 0.3) is 5.56 Å². The van der Waals surface area contributed by atoms with E-state index in [2.05, 4.69) is 22.1 Å². The largest absolute Gasteiger partial charge is 0.326 e. The molecule has 0 saturated carbocycles. The highest BCUT2D eigenvalue weighted by Crippen LogP contribution is 2.30. The molecule has 2 N–H and O–H groups in total. The highest BCUT2D eigenvalue weighted by atomic mass is 32.2. The zero-order valence-electron chi connectivity index (χ0n) is 15.2. The van der Waals surface area contributed by atoms with Crippen molar-refractivity contribution in [1.29, 1.82) is 0 Å². The molecule has 28 heavy (non-hydrogen) atoms. The van der Waals surface area contributed by atoms with Crippen molar-refractivity contribution in [2.24, 2.45) is 0 Å². The fourth-order valence-corrected chi connectivity index (χ4v) is 5.34. The van der Waals surface area contributed by atoms with Gasteiger partial charge in [0.1, 0.15) is 0 Å². The first-order chi connectivity index (χ1) is 13.4. The van der Waals surface area contributed by atoms with Crippen molar-refractivity contribution in [3.63, 3.8) is 0 Å². The van der Waals surface area contributed by atoms with Crippen LogP contribution in [0.5, 0.6) is 0 Å². The topological polar surface area (TPSA) is 103 Å². The van der Waals surface area contributed by atoms with Gasteiger partial charge in [0.15, 0.2) is 0 Å². The van der Waals surface area contributed by atoms with Gasteiger partial charge in [-0.3, -0.25) is 9.78 Å². The monoisotopic (exact) mass is 399 g/mol. The molecule has 2 aromatic carbocycles. The first-order valence-corrected chi connectivity index (χ1v) is 10.7. The summed E-state index contributed by atoms with van der Waals surface area (Å²) in [6.07, 6.45) is 2.47. The maximum absolute atomic E-state index is 13.1. The predicted molar refractivity (Wildman–Crippen MR) is 107 cm³/mol. The Morgan fingerprint density at radius 2 is 1.71 bits per heavy atom. The van der Waals surface area contributed by atoms with Crippen LogP contribution in [-0.2, 0) is 10.0 Å². The minimum Gasteiger partial charge on any atom is -0.307 e. The molecular formula is C20H21N3O4S. The Hall–Kier alpha value is -2.71. The lowest BCUT2D eigenvalue weighted by atomic mass is 9.92. The van der Waals surface area contributed by atoms with Gasteiger partial charge in [-0.25, -0.2) is 13.2 Å². The summed E-state index contributed by atoms with van der Waals surface area (Å²) in [5.41, 5.74) is 0.332. The number of benzene rings is 2. The second-order valence-electron chi connectivity index (χ2n) is 7.06. The Morgan fingerprint density at radius 3 is 2.50 bits per heavy atom. The average molecular weight is 399 g/mol. The lowest BCUT2D eigenvalue weighted by molar-refractivity contribution is 0.421. The summed E-state index contributed by atoms with van der Waals surface area (Å²) >= 11 is 0. The molecule has 1 atom stereocenters. The number of fused-ring (bicyclic) bond motifs is 1. The number of H-pyrrole nitrogens is 2. The van der Waals surface area contributed by atoms with Crippen molar-refractivity contribution in [3.8, 4) is 0 Å². The molecule has 4 rings (SSSR count). The number of aromatic amines is 2. The lowest BCUT2D eigenvalue weighted by Crippen LogP contribution is -2.32. The van der Waals surface area contributed by atoms with E-state index in [1.165, 1.54) is 28.1 Å². The molecular weight excluding hydrogens is 378 g/mol. The summed E-state index contributed by atoms with van der Waals surface area (Å²) in [6, 6.07) is 14.4. The van der Waals surface area contributed by atoms with E-state index in [4.69, 9.17) is 0 Å². The minimum absolute atomic E-state index is 0.0655. The van der Waals surface area contributed by atoms with Gasteiger partial charge in [0.05, 0.1) is 15.8 Å². The Balaban J connectivity index is 1.62.